The minimum Gasteiger partial charge on any atom is -0.379 e. The SMILES string of the molecule is CC(C)CN(Cc1cccc(OS(=O)(=O)c2cccc(C(F)(F)F)c2)c1)S(=O)(=O)c1ccc(F)cc1. The number of alkyl halides is 3. The van der Waals surface area contributed by atoms with E-state index in [-0.39, 0.29) is 29.7 Å². The second kappa shape index (κ2) is 10.6. The molecule has 0 aliphatic carbocycles. The molecule has 6 nitrogen and oxygen atoms in total. The fourth-order valence-corrected chi connectivity index (χ4v) is 5.87. The molecule has 0 fully saturated rings. The van der Waals surface area contributed by atoms with E-state index in [1.165, 1.54) is 22.5 Å². The van der Waals surface area contributed by atoms with Crippen LogP contribution >= 0.6 is 0 Å². The van der Waals surface area contributed by atoms with Crippen LogP contribution in [0.2, 0.25) is 0 Å². The van der Waals surface area contributed by atoms with E-state index in [1.54, 1.807) is 6.07 Å². The Morgan fingerprint density at radius 3 is 2.11 bits per heavy atom. The molecule has 0 bridgehead atoms. The molecule has 3 aromatic rings. The lowest BCUT2D eigenvalue weighted by Gasteiger charge is -2.24. The lowest BCUT2D eigenvalue weighted by atomic mass is 10.2. The molecular weight excluding hydrogens is 522 g/mol. The molecule has 194 valence electrons. The second-order valence-corrected chi connectivity index (χ2v) is 11.8. The lowest BCUT2D eigenvalue weighted by molar-refractivity contribution is -0.137. The molecule has 0 atom stereocenters. The van der Waals surface area contributed by atoms with Gasteiger partial charge in [0, 0.05) is 13.1 Å². The number of sulfonamides is 1. The molecule has 0 spiro atoms. The van der Waals surface area contributed by atoms with Crippen LogP contribution in [0.4, 0.5) is 17.6 Å². The molecule has 0 unspecified atom stereocenters. The minimum atomic E-state index is -4.73. The summed E-state index contributed by atoms with van der Waals surface area (Å²) in [5.74, 6) is -0.856. The maximum absolute atomic E-state index is 13.3. The van der Waals surface area contributed by atoms with Gasteiger partial charge < -0.3 is 4.18 Å². The average molecular weight is 546 g/mol. The molecule has 12 heteroatoms. The lowest BCUT2D eigenvalue weighted by Crippen LogP contribution is -2.33. The maximum atomic E-state index is 13.3. The molecular formula is C24H23F4NO5S2. The first-order chi connectivity index (χ1) is 16.7. The standard InChI is InChI=1S/C24H23F4NO5S2/c1-17(2)15-29(35(30,31)22-11-9-20(25)10-12-22)16-18-5-3-7-21(13-18)34-36(32,33)23-8-4-6-19(14-23)24(26,27)28/h3-14,17H,15-16H2,1-2H3. The maximum Gasteiger partial charge on any atom is 0.416 e. The predicted octanol–water partition coefficient (Wildman–Crippen LogP) is 5.46. The average Bonchev–Trinajstić information content (AvgIpc) is 2.78. The van der Waals surface area contributed by atoms with Gasteiger partial charge in [0.15, 0.2) is 0 Å². The monoisotopic (exact) mass is 545 g/mol. The number of hydrogen-bond acceptors (Lipinski definition) is 5. The van der Waals surface area contributed by atoms with Gasteiger partial charge in [-0.3, -0.25) is 0 Å². The van der Waals surface area contributed by atoms with Crippen LogP contribution in [0.3, 0.4) is 0 Å². The Balaban J connectivity index is 1.88. The van der Waals surface area contributed by atoms with Gasteiger partial charge in [0.25, 0.3) is 0 Å². The highest BCUT2D eigenvalue weighted by molar-refractivity contribution is 7.89. The Labute approximate surface area is 207 Å². The van der Waals surface area contributed by atoms with E-state index in [2.05, 4.69) is 0 Å². The number of halogens is 4. The Morgan fingerprint density at radius 2 is 1.50 bits per heavy atom. The second-order valence-electron chi connectivity index (χ2n) is 8.36. The minimum absolute atomic E-state index is 0.0686. The van der Waals surface area contributed by atoms with Crippen molar-refractivity contribution in [1.82, 2.24) is 4.31 Å². The molecule has 0 aliphatic heterocycles. The summed E-state index contributed by atoms with van der Waals surface area (Å²) in [4.78, 5) is -0.785. The van der Waals surface area contributed by atoms with Crippen molar-refractivity contribution in [3.05, 3.63) is 89.7 Å². The van der Waals surface area contributed by atoms with Gasteiger partial charge >= 0.3 is 16.3 Å². The summed E-state index contributed by atoms with van der Waals surface area (Å²) in [6.07, 6.45) is -4.73. The van der Waals surface area contributed by atoms with E-state index in [1.807, 2.05) is 13.8 Å². The van der Waals surface area contributed by atoms with Gasteiger partial charge in [-0.25, -0.2) is 12.8 Å². The molecule has 0 heterocycles. The van der Waals surface area contributed by atoms with Crippen LogP contribution in [-0.2, 0) is 32.9 Å². The van der Waals surface area contributed by atoms with Gasteiger partial charge in [0.2, 0.25) is 10.0 Å². The van der Waals surface area contributed by atoms with Gasteiger partial charge in [-0.1, -0.05) is 32.0 Å². The highest BCUT2D eigenvalue weighted by Gasteiger charge is 2.32. The van der Waals surface area contributed by atoms with Gasteiger partial charge in [-0.05, 0) is 66.1 Å². The first-order valence-electron chi connectivity index (χ1n) is 10.6. The number of benzene rings is 3. The smallest absolute Gasteiger partial charge is 0.379 e. The third-order valence-corrected chi connectivity index (χ3v) is 8.00. The summed E-state index contributed by atoms with van der Waals surface area (Å²) in [5, 5.41) is 0. The van der Waals surface area contributed by atoms with Crippen LogP contribution in [0.1, 0.15) is 25.0 Å². The Morgan fingerprint density at radius 1 is 0.861 bits per heavy atom. The van der Waals surface area contributed by atoms with E-state index in [0.29, 0.717) is 11.6 Å². The van der Waals surface area contributed by atoms with Crippen LogP contribution in [0.25, 0.3) is 0 Å². The summed E-state index contributed by atoms with van der Waals surface area (Å²) in [7, 11) is -8.62. The molecule has 0 radical (unpaired) electrons. The van der Waals surface area contributed by atoms with Crippen molar-refractivity contribution >= 4 is 20.1 Å². The van der Waals surface area contributed by atoms with Crippen molar-refractivity contribution in [3.8, 4) is 5.75 Å². The van der Waals surface area contributed by atoms with Crippen molar-refractivity contribution in [2.24, 2.45) is 5.92 Å². The van der Waals surface area contributed by atoms with E-state index in [0.717, 1.165) is 42.5 Å². The summed E-state index contributed by atoms with van der Waals surface area (Å²) in [6.45, 7) is 3.59. The highest BCUT2D eigenvalue weighted by atomic mass is 32.2. The molecule has 36 heavy (non-hydrogen) atoms. The van der Waals surface area contributed by atoms with E-state index in [9.17, 15) is 34.4 Å². The molecule has 3 aromatic carbocycles. The van der Waals surface area contributed by atoms with Gasteiger partial charge in [-0.2, -0.15) is 25.9 Å². The molecule has 0 aliphatic rings. The Kier molecular flexibility index (Phi) is 8.11. The first kappa shape index (κ1) is 27.6. The van der Waals surface area contributed by atoms with Crippen LogP contribution in [0.5, 0.6) is 5.75 Å². The fourth-order valence-electron chi connectivity index (χ4n) is 3.31. The molecule has 0 aromatic heterocycles. The van der Waals surface area contributed by atoms with Gasteiger partial charge in [0.05, 0.1) is 10.5 Å². The normalized spacial score (nSPS) is 12.8. The van der Waals surface area contributed by atoms with Gasteiger partial charge in [0.1, 0.15) is 16.5 Å². The van der Waals surface area contributed by atoms with Crippen molar-refractivity contribution in [2.45, 2.75) is 36.4 Å². The van der Waals surface area contributed by atoms with E-state index < -0.39 is 42.6 Å². The Bertz CT molecular complexity index is 1420. The number of hydrogen-bond donors (Lipinski definition) is 0. The van der Waals surface area contributed by atoms with E-state index in [4.69, 9.17) is 4.18 Å². The zero-order chi connectivity index (χ0) is 26.7. The summed E-state index contributed by atoms with van der Waals surface area (Å²) in [6, 6.07) is 13.1. The van der Waals surface area contributed by atoms with Crippen molar-refractivity contribution in [2.75, 3.05) is 6.54 Å². The van der Waals surface area contributed by atoms with Crippen molar-refractivity contribution in [3.63, 3.8) is 0 Å². The number of nitrogens with zero attached hydrogens (tertiary/aromatic N) is 1. The number of rotatable bonds is 9. The third kappa shape index (κ3) is 6.83. The largest absolute Gasteiger partial charge is 0.416 e. The summed E-state index contributed by atoms with van der Waals surface area (Å²) >= 11 is 0. The molecule has 0 saturated heterocycles. The zero-order valence-electron chi connectivity index (χ0n) is 19.2. The Hall–Kier alpha value is -2.96. The third-order valence-electron chi connectivity index (χ3n) is 4.93. The molecule has 3 rings (SSSR count). The van der Waals surface area contributed by atoms with Crippen molar-refractivity contribution < 1.29 is 38.6 Å². The van der Waals surface area contributed by atoms with Crippen LogP contribution < -0.4 is 4.18 Å². The quantitative estimate of drug-likeness (QED) is 0.264. The topological polar surface area (TPSA) is 80.8 Å². The molecule has 0 N–H and O–H groups in total. The first-order valence-corrected chi connectivity index (χ1v) is 13.5. The summed E-state index contributed by atoms with van der Waals surface area (Å²) in [5.41, 5.74) is -0.769. The summed E-state index contributed by atoms with van der Waals surface area (Å²) < 4.78 is 110. The van der Waals surface area contributed by atoms with Gasteiger partial charge in [-0.15, -0.1) is 0 Å². The van der Waals surface area contributed by atoms with Crippen molar-refractivity contribution in [1.29, 1.82) is 0 Å². The molecule has 0 saturated carbocycles. The van der Waals surface area contributed by atoms with Crippen LogP contribution in [0.15, 0.2) is 82.6 Å². The van der Waals surface area contributed by atoms with E-state index >= 15 is 0 Å². The van der Waals surface area contributed by atoms with Crippen LogP contribution in [0, 0.1) is 11.7 Å². The molecule has 0 amide bonds. The van der Waals surface area contributed by atoms with Crippen LogP contribution in [-0.4, -0.2) is 27.7 Å². The zero-order valence-corrected chi connectivity index (χ0v) is 20.9. The predicted molar refractivity (Wildman–Crippen MR) is 125 cm³/mol. The highest BCUT2D eigenvalue weighted by Crippen LogP contribution is 2.31. The fraction of sp³-hybridized carbons (Fsp3) is 0.250.